The zero-order valence-electron chi connectivity index (χ0n) is 23.6. The molecule has 0 atom stereocenters. The van der Waals surface area contributed by atoms with E-state index in [-0.39, 0.29) is 36.0 Å². The van der Waals surface area contributed by atoms with Crippen molar-refractivity contribution >= 4 is 94.2 Å². The van der Waals surface area contributed by atoms with E-state index in [1.165, 1.54) is 16.9 Å². The molecule has 0 aliphatic heterocycles. The molecule has 4 heterocycles. The molecule has 6 aromatic rings. The van der Waals surface area contributed by atoms with Crippen molar-refractivity contribution in [2.45, 2.75) is 13.8 Å². The Labute approximate surface area is 288 Å². The molecular formula is C30H24Br3ClN6O5. The number of esters is 2. The van der Waals surface area contributed by atoms with E-state index in [4.69, 9.17) is 9.47 Å². The van der Waals surface area contributed by atoms with Crippen LogP contribution in [0.25, 0.3) is 33.4 Å². The molecule has 0 aliphatic rings. The molecule has 0 spiro atoms. The van der Waals surface area contributed by atoms with Gasteiger partial charge in [-0.15, -0.1) is 12.4 Å². The van der Waals surface area contributed by atoms with Gasteiger partial charge in [-0.1, -0.05) is 31.9 Å². The molecular weight excluding hydrogens is 800 g/mol. The summed E-state index contributed by atoms with van der Waals surface area (Å²) >= 11 is 10.2. The molecule has 0 fully saturated rings. The van der Waals surface area contributed by atoms with E-state index in [1.807, 2.05) is 36.4 Å². The predicted molar refractivity (Wildman–Crippen MR) is 182 cm³/mol. The molecule has 0 saturated heterocycles. The lowest BCUT2D eigenvalue weighted by atomic mass is 10.2. The van der Waals surface area contributed by atoms with Crippen molar-refractivity contribution in [1.82, 2.24) is 29.5 Å². The summed E-state index contributed by atoms with van der Waals surface area (Å²) in [6.45, 7) is 4.03. The van der Waals surface area contributed by atoms with Gasteiger partial charge in [-0.05, 0) is 84.4 Å². The van der Waals surface area contributed by atoms with Crippen LogP contribution in [0, 0.1) is 0 Å². The van der Waals surface area contributed by atoms with Crippen LogP contribution in [0.3, 0.4) is 0 Å². The average Bonchev–Trinajstić information content (AvgIpc) is 3.60. The molecule has 1 N–H and O–H groups in total. The Morgan fingerprint density at radius 3 is 1.56 bits per heavy atom. The monoisotopic (exact) mass is 820 g/mol. The van der Waals surface area contributed by atoms with E-state index in [0.29, 0.717) is 34.5 Å². The van der Waals surface area contributed by atoms with Gasteiger partial charge in [-0.25, -0.2) is 19.0 Å². The maximum atomic E-state index is 12.3. The number of fused-ring (bicyclic) bond motifs is 2. The predicted octanol–water partition coefficient (Wildman–Crippen LogP) is 7.61. The highest BCUT2D eigenvalue weighted by molar-refractivity contribution is 9.11. The summed E-state index contributed by atoms with van der Waals surface area (Å²) in [5, 5.41) is 18.7. The maximum Gasteiger partial charge on any atom is 0.359 e. The normalized spacial score (nSPS) is 10.6. The van der Waals surface area contributed by atoms with Crippen LogP contribution < -0.4 is 0 Å². The molecule has 6 rings (SSSR count). The lowest BCUT2D eigenvalue weighted by Gasteiger charge is -2.06. The van der Waals surface area contributed by atoms with Crippen LogP contribution in [0.15, 0.2) is 86.5 Å². The first-order valence-corrected chi connectivity index (χ1v) is 15.6. The van der Waals surface area contributed by atoms with Gasteiger partial charge in [0.25, 0.3) is 0 Å². The molecule has 0 bridgehead atoms. The highest BCUT2D eigenvalue weighted by Gasteiger charge is 2.24. The molecule has 45 heavy (non-hydrogen) atoms. The van der Waals surface area contributed by atoms with Gasteiger partial charge < -0.3 is 14.6 Å². The largest absolute Gasteiger partial charge is 0.505 e. The summed E-state index contributed by atoms with van der Waals surface area (Å²) < 4.78 is 15.9. The van der Waals surface area contributed by atoms with Crippen molar-refractivity contribution in [3.8, 4) is 17.1 Å². The summed E-state index contributed by atoms with van der Waals surface area (Å²) in [7, 11) is 0. The van der Waals surface area contributed by atoms with Crippen molar-refractivity contribution in [3.05, 3.63) is 97.9 Å². The van der Waals surface area contributed by atoms with E-state index in [9.17, 15) is 14.7 Å². The number of hydrogen-bond acceptors (Lipinski definition) is 9. The number of aromatic nitrogens is 6. The van der Waals surface area contributed by atoms with Crippen molar-refractivity contribution in [3.63, 3.8) is 0 Å². The number of benzene rings is 2. The van der Waals surface area contributed by atoms with Gasteiger partial charge in [0, 0.05) is 31.9 Å². The maximum absolute atomic E-state index is 12.3. The number of carbonyl (C=O) groups excluding carboxylic acids is 2. The van der Waals surface area contributed by atoms with Gasteiger partial charge >= 0.3 is 11.9 Å². The number of ether oxygens (including phenoxy) is 2. The highest BCUT2D eigenvalue weighted by Crippen LogP contribution is 2.28. The standard InChI is InChI=1S/C15H11Br2N3O2.C15H12BrN3O3.ClH/c1-2-22-15(21)14-13-12(11(17)7-8-18-13)19-20(14)10-5-3-9(16)4-6-10;1-2-22-15(21)14-13-12(11(20)7-8-17-13)18-19(14)10-5-3-9(16)4-6-10;/h3-8H,2H2,1H3;3-8,20H,2H2,1H3;1H. The van der Waals surface area contributed by atoms with Crippen LogP contribution in [-0.2, 0) is 9.47 Å². The van der Waals surface area contributed by atoms with Gasteiger partial charge in [0.2, 0.25) is 0 Å². The van der Waals surface area contributed by atoms with Crippen LogP contribution >= 0.6 is 60.2 Å². The smallest absolute Gasteiger partial charge is 0.359 e. The molecule has 0 saturated carbocycles. The quantitative estimate of drug-likeness (QED) is 0.169. The van der Waals surface area contributed by atoms with Crippen LogP contribution in [0.5, 0.6) is 5.75 Å². The minimum absolute atomic E-state index is 0. The highest BCUT2D eigenvalue weighted by atomic mass is 79.9. The molecule has 0 aliphatic carbocycles. The number of rotatable bonds is 6. The Morgan fingerprint density at radius 2 is 1.09 bits per heavy atom. The van der Waals surface area contributed by atoms with Gasteiger partial charge in [0.15, 0.2) is 16.9 Å². The Morgan fingerprint density at radius 1 is 0.667 bits per heavy atom. The summed E-state index contributed by atoms with van der Waals surface area (Å²) in [5.41, 5.74) is 3.63. The lowest BCUT2D eigenvalue weighted by molar-refractivity contribution is 0.0508. The van der Waals surface area contributed by atoms with Crippen molar-refractivity contribution in [2.75, 3.05) is 13.2 Å². The summed E-state index contributed by atoms with van der Waals surface area (Å²) in [4.78, 5) is 33.1. The van der Waals surface area contributed by atoms with E-state index in [1.54, 1.807) is 42.9 Å². The minimum atomic E-state index is -0.536. The number of nitrogens with zero attached hydrogens (tertiary/aromatic N) is 6. The molecule has 11 nitrogen and oxygen atoms in total. The second-order valence-electron chi connectivity index (χ2n) is 8.93. The fraction of sp³-hybridized carbons (Fsp3) is 0.133. The number of hydrogen-bond donors (Lipinski definition) is 1. The van der Waals surface area contributed by atoms with E-state index in [2.05, 4.69) is 68.0 Å². The Kier molecular flexibility index (Phi) is 11.3. The molecule has 2 aromatic carbocycles. The number of halogens is 4. The average molecular weight is 824 g/mol. The Bertz CT molecular complexity index is 1840. The fourth-order valence-corrected chi connectivity index (χ4v) is 5.13. The SMILES string of the molecule is CCOC(=O)c1c2nccc(Br)c2nn1-c1ccc(Br)cc1.CCOC(=O)c1c2nccc(O)c2nn1-c1ccc(Br)cc1.Cl. The summed E-state index contributed by atoms with van der Waals surface area (Å²) in [6, 6.07) is 18.0. The van der Waals surface area contributed by atoms with Crippen LogP contribution in [-0.4, -0.2) is 59.8 Å². The Hall–Kier alpha value is -3.85. The first-order chi connectivity index (χ1) is 21.2. The van der Waals surface area contributed by atoms with Crippen molar-refractivity contribution < 1.29 is 24.2 Å². The first kappa shape index (κ1) is 34.0. The molecule has 232 valence electrons. The van der Waals surface area contributed by atoms with Crippen molar-refractivity contribution in [2.24, 2.45) is 0 Å². The van der Waals surface area contributed by atoms with Crippen LogP contribution in [0.2, 0.25) is 0 Å². The summed E-state index contributed by atoms with van der Waals surface area (Å²) in [6.07, 6.45) is 3.05. The van der Waals surface area contributed by atoms with Gasteiger partial charge in [0.1, 0.15) is 22.3 Å². The summed E-state index contributed by atoms with van der Waals surface area (Å²) in [5.74, 6) is -1.02. The van der Waals surface area contributed by atoms with E-state index >= 15 is 0 Å². The zero-order chi connectivity index (χ0) is 31.4. The van der Waals surface area contributed by atoms with Gasteiger partial charge in [-0.3, -0.25) is 9.97 Å². The topological polar surface area (TPSA) is 134 Å². The van der Waals surface area contributed by atoms with Crippen LogP contribution in [0.4, 0.5) is 0 Å². The van der Waals surface area contributed by atoms with Crippen LogP contribution in [0.1, 0.15) is 34.8 Å². The number of pyridine rings is 2. The second kappa shape index (κ2) is 15.0. The van der Waals surface area contributed by atoms with Gasteiger partial charge in [0.05, 0.1) is 24.6 Å². The fourth-order valence-electron chi connectivity index (χ4n) is 4.22. The molecule has 0 amide bonds. The third-order valence-corrected chi connectivity index (χ3v) is 7.83. The third kappa shape index (κ3) is 7.19. The Balaban J connectivity index is 0.000000200. The minimum Gasteiger partial charge on any atom is -0.505 e. The van der Waals surface area contributed by atoms with Gasteiger partial charge in [-0.2, -0.15) is 10.2 Å². The number of carbonyl (C=O) groups is 2. The van der Waals surface area contributed by atoms with Crippen molar-refractivity contribution in [1.29, 1.82) is 0 Å². The molecule has 15 heteroatoms. The molecule has 0 radical (unpaired) electrons. The zero-order valence-corrected chi connectivity index (χ0v) is 29.2. The third-order valence-electron chi connectivity index (χ3n) is 6.13. The first-order valence-electron chi connectivity index (χ1n) is 13.2. The molecule has 0 unspecified atom stereocenters. The van der Waals surface area contributed by atoms with E-state index < -0.39 is 11.9 Å². The van der Waals surface area contributed by atoms with E-state index in [0.717, 1.165) is 19.1 Å². The molecule has 4 aromatic heterocycles. The second-order valence-corrected chi connectivity index (χ2v) is 11.6. The lowest BCUT2D eigenvalue weighted by Crippen LogP contribution is -2.12. The number of aromatic hydroxyl groups is 1.